The molecule has 2 aromatic carbocycles. The predicted octanol–water partition coefficient (Wildman–Crippen LogP) is 4.14. The molecule has 0 aliphatic rings. The molecule has 140 valence electrons. The summed E-state index contributed by atoms with van der Waals surface area (Å²) >= 11 is 0. The number of para-hydroxylation sites is 2. The van der Waals surface area contributed by atoms with Crippen LogP contribution in [0.1, 0.15) is 46.1 Å². The maximum Gasteiger partial charge on any atom is 0.338 e. The van der Waals surface area contributed by atoms with E-state index < -0.39 is 24.6 Å². The van der Waals surface area contributed by atoms with Crippen LogP contribution in [-0.4, -0.2) is 28.6 Å². The molecule has 3 rings (SSSR count). The zero-order valence-electron chi connectivity index (χ0n) is 14.6. The summed E-state index contributed by atoms with van der Waals surface area (Å²) in [6, 6.07) is 12.1. The number of carbonyl (C=O) groups is 2. The lowest BCUT2D eigenvalue weighted by atomic mass is 10.1. The number of halogens is 2. The van der Waals surface area contributed by atoms with E-state index in [1.54, 1.807) is 18.2 Å². The van der Waals surface area contributed by atoms with Crippen molar-refractivity contribution in [1.82, 2.24) is 9.55 Å². The normalized spacial score (nSPS) is 12.2. The van der Waals surface area contributed by atoms with Gasteiger partial charge in [0.2, 0.25) is 0 Å². The molecular formula is C19H16F2N2O4. The number of hydrogen-bond acceptors (Lipinski definition) is 5. The van der Waals surface area contributed by atoms with Crippen molar-refractivity contribution < 1.29 is 27.8 Å². The van der Waals surface area contributed by atoms with E-state index in [0.29, 0.717) is 5.52 Å². The fourth-order valence-corrected chi connectivity index (χ4v) is 2.70. The molecule has 3 aromatic rings. The van der Waals surface area contributed by atoms with Crippen molar-refractivity contribution in [3.63, 3.8) is 0 Å². The minimum Gasteiger partial charge on any atom is -0.465 e. The number of nitrogens with zero attached hydrogens (tertiary/aromatic N) is 2. The van der Waals surface area contributed by atoms with Gasteiger partial charge in [0.25, 0.3) is 0 Å². The quantitative estimate of drug-likeness (QED) is 0.628. The largest absolute Gasteiger partial charge is 0.465 e. The van der Waals surface area contributed by atoms with E-state index in [1.165, 1.54) is 44.4 Å². The average Bonchev–Trinajstić information content (AvgIpc) is 3.07. The molecule has 0 saturated carbocycles. The van der Waals surface area contributed by atoms with Crippen molar-refractivity contribution >= 4 is 23.0 Å². The van der Waals surface area contributed by atoms with Crippen molar-refractivity contribution in [1.29, 1.82) is 0 Å². The van der Waals surface area contributed by atoms with Gasteiger partial charge in [-0.2, -0.15) is 8.78 Å². The van der Waals surface area contributed by atoms with Crippen molar-refractivity contribution in [3.8, 4) is 0 Å². The van der Waals surface area contributed by atoms with Gasteiger partial charge in [-0.3, -0.25) is 4.57 Å². The smallest absolute Gasteiger partial charge is 0.338 e. The first-order valence-electron chi connectivity index (χ1n) is 8.06. The maximum atomic E-state index is 13.5. The molecule has 8 heteroatoms. The van der Waals surface area contributed by atoms with Gasteiger partial charge in [0.05, 0.1) is 29.3 Å². The second-order valence-corrected chi connectivity index (χ2v) is 5.72. The van der Waals surface area contributed by atoms with Gasteiger partial charge in [0.15, 0.2) is 11.9 Å². The Kier molecular flexibility index (Phi) is 5.16. The zero-order valence-corrected chi connectivity index (χ0v) is 14.6. The summed E-state index contributed by atoms with van der Waals surface area (Å²) in [4.78, 5) is 27.9. The second kappa shape index (κ2) is 7.53. The third-order valence-electron chi connectivity index (χ3n) is 4.01. The molecule has 0 aliphatic heterocycles. The number of esters is 2. The molecule has 1 atom stereocenters. The van der Waals surface area contributed by atoms with Gasteiger partial charge < -0.3 is 9.47 Å². The molecule has 0 unspecified atom stereocenters. The Bertz CT molecular complexity index is 983. The number of methoxy groups -OCH3 is 1. The Morgan fingerprint density at radius 3 is 2.19 bits per heavy atom. The highest BCUT2D eigenvalue weighted by Gasteiger charge is 2.24. The van der Waals surface area contributed by atoms with Gasteiger partial charge in [-0.1, -0.05) is 12.1 Å². The molecule has 1 aromatic heterocycles. The molecule has 6 nitrogen and oxygen atoms in total. The highest BCUT2D eigenvalue weighted by Crippen LogP contribution is 2.28. The first-order chi connectivity index (χ1) is 12.9. The van der Waals surface area contributed by atoms with Gasteiger partial charge in [0, 0.05) is 0 Å². The lowest BCUT2D eigenvalue weighted by Gasteiger charge is -2.15. The van der Waals surface area contributed by atoms with E-state index in [9.17, 15) is 18.4 Å². The fourth-order valence-electron chi connectivity index (χ4n) is 2.70. The van der Waals surface area contributed by atoms with Gasteiger partial charge >= 0.3 is 18.5 Å². The van der Waals surface area contributed by atoms with Crippen LogP contribution in [0.2, 0.25) is 0 Å². The number of benzene rings is 2. The van der Waals surface area contributed by atoms with E-state index >= 15 is 0 Å². The summed E-state index contributed by atoms with van der Waals surface area (Å²) in [6.07, 6.45) is -1.00. The molecule has 0 saturated heterocycles. The molecule has 0 N–H and O–H groups in total. The van der Waals surface area contributed by atoms with Crippen LogP contribution in [-0.2, 0) is 9.47 Å². The summed E-state index contributed by atoms with van der Waals surface area (Å²) < 4.78 is 37.6. The third kappa shape index (κ3) is 3.64. The highest BCUT2D eigenvalue weighted by molar-refractivity contribution is 5.93. The van der Waals surface area contributed by atoms with E-state index in [0.717, 1.165) is 4.57 Å². The molecule has 0 bridgehead atoms. The number of alkyl halides is 2. The van der Waals surface area contributed by atoms with E-state index in [1.807, 2.05) is 0 Å². The van der Waals surface area contributed by atoms with Crippen LogP contribution < -0.4 is 0 Å². The topological polar surface area (TPSA) is 70.4 Å². The molecule has 0 fully saturated rings. The average molecular weight is 374 g/mol. The molecule has 0 amide bonds. The van der Waals surface area contributed by atoms with Crippen LogP contribution in [0.15, 0.2) is 48.5 Å². The molecule has 27 heavy (non-hydrogen) atoms. The summed E-state index contributed by atoms with van der Waals surface area (Å²) in [5.74, 6) is -1.30. The third-order valence-corrected chi connectivity index (χ3v) is 4.01. The first kappa shape index (κ1) is 18.5. The SMILES string of the molecule is COC(=O)c1ccc(C(=O)O[C@@H](C)c2nc3ccccc3n2C(F)F)cc1. The number of ether oxygens (including phenoxy) is 2. The minimum atomic E-state index is -2.83. The molecule has 1 heterocycles. The Morgan fingerprint density at radius 2 is 1.59 bits per heavy atom. The standard InChI is InChI=1S/C19H16F2N2O4/c1-11(16-22-14-5-3-4-6-15(14)23(16)19(20)21)27-18(25)13-9-7-12(8-10-13)17(24)26-2/h3-11,19H,1-2H3/t11-/m0/s1. The van der Waals surface area contributed by atoms with Crippen LogP contribution in [0, 0.1) is 0 Å². The monoisotopic (exact) mass is 374 g/mol. The number of fused-ring (bicyclic) bond motifs is 1. The number of hydrogen-bond donors (Lipinski definition) is 0. The molecule has 0 radical (unpaired) electrons. The van der Waals surface area contributed by atoms with Gasteiger partial charge in [-0.15, -0.1) is 0 Å². The van der Waals surface area contributed by atoms with E-state index in [4.69, 9.17) is 4.74 Å². The molecule has 0 aliphatic carbocycles. The van der Waals surface area contributed by atoms with Crippen molar-refractivity contribution in [3.05, 3.63) is 65.5 Å². The Balaban J connectivity index is 1.84. The van der Waals surface area contributed by atoms with Crippen LogP contribution in [0.25, 0.3) is 11.0 Å². The number of carbonyl (C=O) groups excluding carboxylic acids is 2. The number of imidazole rings is 1. The zero-order chi connectivity index (χ0) is 19.6. The Hall–Kier alpha value is -3.29. The van der Waals surface area contributed by atoms with Crippen molar-refractivity contribution in [2.45, 2.75) is 19.6 Å². The summed E-state index contributed by atoms with van der Waals surface area (Å²) in [7, 11) is 1.25. The Labute approximate surface area is 153 Å². The van der Waals surface area contributed by atoms with Crippen molar-refractivity contribution in [2.24, 2.45) is 0 Å². The molecular weight excluding hydrogens is 358 g/mol. The second-order valence-electron chi connectivity index (χ2n) is 5.72. The van der Waals surface area contributed by atoms with Gasteiger partial charge in [-0.25, -0.2) is 14.6 Å². The number of aromatic nitrogens is 2. The lowest BCUT2D eigenvalue weighted by molar-refractivity contribution is 0.0233. The van der Waals surface area contributed by atoms with Crippen LogP contribution >= 0.6 is 0 Å². The van der Waals surface area contributed by atoms with E-state index in [2.05, 4.69) is 9.72 Å². The summed E-state index contributed by atoms with van der Waals surface area (Å²) in [5, 5.41) is 0. The van der Waals surface area contributed by atoms with Gasteiger partial charge in [0.1, 0.15) is 0 Å². The Morgan fingerprint density at radius 1 is 1.00 bits per heavy atom. The van der Waals surface area contributed by atoms with Crippen molar-refractivity contribution in [2.75, 3.05) is 7.11 Å². The fraction of sp³-hybridized carbons (Fsp3) is 0.211. The minimum absolute atomic E-state index is 0.0502. The molecule has 0 spiro atoms. The van der Waals surface area contributed by atoms with E-state index in [-0.39, 0.29) is 22.5 Å². The highest BCUT2D eigenvalue weighted by atomic mass is 19.3. The predicted molar refractivity (Wildman–Crippen MR) is 92.6 cm³/mol. The maximum absolute atomic E-state index is 13.5. The summed E-state index contributed by atoms with van der Waals surface area (Å²) in [6.45, 7) is -1.35. The first-order valence-corrected chi connectivity index (χ1v) is 8.06. The van der Waals surface area contributed by atoms with Crippen LogP contribution in [0.4, 0.5) is 8.78 Å². The number of rotatable bonds is 5. The lowest BCUT2D eigenvalue weighted by Crippen LogP contribution is -2.15. The van der Waals surface area contributed by atoms with Crippen LogP contribution in [0.3, 0.4) is 0 Å². The summed E-state index contributed by atoms with van der Waals surface area (Å²) in [5.41, 5.74) is 1.10. The van der Waals surface area contributed by atoms with Gasteiger partial charge in [-0.05, 0) is 43.3 Å². The van der Waals surface area contributed by atoms with Crippen LogP contribution in [0.5, 0.6) is 0 Å².